The normalized spacial score (nSPS) is 11.2. The van der Waals surface area contributed by atoms with Gasteiger partial charge in [-0.05, 0) is 6.07 Å². The number of thiazole rings is 2. The third-order valence-electron chi connectivity index (χ3n) is 4.21. The molecule has 3 heterocycles. The summed E-state index contributed by atoms with van der Waals surface area (Å²) >= 11 is 2.66. The standard InChI is InChI=1S/C19H13N5O2S2/c1-26-13-7-12-14(27-19(25)23-12)8-11(13)22-16-15-18(21-9-20-16)28-17(24-15)10-5-3-2-4-6-10/h2-9H,1H3,(H,23,25)(H,20,21,22). The summed E-state index contributed by atoms with van der Waals surface area (Å²) in [6, 6.07) is 13.6. The fraction of sp³-hybridized carbons (Fsp3) is 0.0526. The second kappa shape index (κ2) is 6.70. The van der Waals surface area contributed by atoms with Crippen LogP contribution in [0.1, 0.15) is 0 Å². The summed E-state index contributed by atoms with van der Waals surface area (Å²) in [7, 11) is 1.59. The van der Waals surface area contributed by atoms with E-state index in [-0.39, 0.29) is 4.87 Å². The van der Waals surface area contributed by atoms with Crippen molar-refractivity contribution in [2.24, 2.45) is 0 Å². The molecule has 0 fully saturated rings. The minimum atomic E-state index is -0.106. The zero-order valence-corrected chi connectivity index (χ0v) is 16.2. The van der Waals surface area contributed by atoms with Gasteiger partial charge in [-0.3, -0.25) is 4.79 Å². The Kier molecular flexibility index (Phi) is 4.03. The molecule has 0 saturated carbocycles. The van der Waals surface area contributed by atoms with E-state index >= 15 is 0 Å². The minimum absolute atomic E-state index is 0.106. The number of hydrogen-bond donors (Lipinski definition) is 2. The van der Waals surface area contributed by atoms with Crippen LogP contribution < -0.4 is 14.9 Å². The molecule has 9 heteroatoms. The van der Waals surface area contributed by atoms with Crippen molar-refractivity contribution in [2.75, 3.05) is 12.4 Å². The van der Waals surface area contributed by atoms with Crippen molar-refractivity contribution in [3.8, 4) is 16.3 Å². The molecule has 2 N–H and O–H groups in total. The number of fused-ring (bicyclic) bond motifs is 2. The molecule has 7 nitrogen and oxygen atoms in total. The van der Waals surface area contributed by atoms with Crippen molar-refractivity contribution in [3.05, 3.63) is 58.5 Å². The molecule has 3 aromatic heterocycles. The van der Waals surface area contributed by atoms with Crippen molar-refractivity contribution in [3.63, 3.8) is 0 Å². The molecule has 0 atom stereocenters. The van der Waals surface area contributed by atoms with E-state index in [1.54, 1.807) is 13.2 Å². The second-order valence-corrected chi connectivity index (χ2v) is 7.94. The Bertz CT molecular complexity index is 1360. The molecule has 0 radical (unpaired) electrons. The summed E-state index contributed by atoms with van der Waals surface area (Å²) in [6.07, 6.45) is 1.51. The molecule has 0 unspecified atom stereocenters. The van der Waals surface area contributed by atoms with Crippen LogP contribution in [0.5, 0.6) is 5.75 Å². The lowest BCUT2D eigenvalue weighted by Gasteiger charge is -2.10. The quantitative estimate of drug-likeness (QED) is 0.458. The van der Waals surface area contributed by atoms with E-state index < -0.39 is 0 Å². The van der Waals surface area contributed by atoms with Crippen LogP contribution in [0, 0.1) is 0 Å². The lowest BCUT2D eigenvalue weighted by Crippen LogP contribution is -1.98. The van der Waals surface area contributed by atoms with Gasteiger partial charge in [-0.2, -0.15) is 0 Å². The van der Waals surface area contributed by atoms with E-state index in [4.69, 9.17) is 9.72 Å². The fourth-order valence-corrected chi connectivity index (χ4v) is 4.59. The lowest BCUT2D eigenvalue weighted by atomic mass is 10.2. The number of hydrogen-bond acceptors (Lipinski definition) is 8. The Balaban J connectivity index is 1.61. The largest absolute Gasteiger partial charge is 0.494 e. The zero-order chi connectivity index (χ0) is 19.1. The molecule has 138 valence electrons. The smallest absolute Gasteiger partial charge is 0.305 e. The first-order valence-corrected chi connectivity index (χ1v) is 9.99. The van der Waals surface area contributed by atoms with Gasteiger partial charge < -0.3 is 15.0 Å². The van der Waals surface area contributed by atoms with E-state index in [1.807, 2.05) is 36.4 Å². The van der Waals surface area contributed by atoms with Crippen molar-refractivity contribution in [1.29, 1.82) is 0 Å². The van der Waals surface area contributed by atoms with Gasteiger partial charge in [-0.15, -0.1) is 0 Å². The van der Waals surface area contributed by atoms with Crippen molar-refractivity contribution in [1.82, 2.24) is 19.9 Å². The maximum atomic E-state index is 11.6. The number of rotatable bonds is 4. The van der Waals surface area contributed by atoms with E-state index in [1.165, 1.54) is 17.7 Å². The van der Waals surface area contributed by atoms with Gasteiger partial charge in [0.05, 0.1) is 23.0 Å². The summed E-state index contributed by atoms with van der Waals surface area (Å²) in [4.78, 5) is 28.6. The summed E-state index contributed by atoms with van der Waals surface area (Å²) in [5.74, 6) is 1.19. The summed E-state index contributed by atoms with van der Waals surface area (Å²) < 4.78 is 6.32. The highest BCUT2D eigenvalue weighted by atomic mass is 32.1. The molecule has 28 heavy (non-hydrogen) atoms. The summed E-state index contributed by atoms with van der Waals surface area (Å²) in [5.41, 5.74) is 3.17. The number of H-pyrrole nitrogens is 1. The molecule has 0 bridgehead atoms. The van der Waals surface area contributed by atoms with E-state index in [2.05, 4.69) is 20.3 Å². The third kappa shape index (κ3) is 2.90. The van der Waals surface area contributed by atoms with Gasteiger partial charge in [0, 0.05) is 11.6 Å². The van der Waals surface area contributed by atoms with Crippen LogP contribution >= 0.6 is 22.7 Å². The van der Waals surface area contributed by atoms with Gasteiger partial charge in [0.2, 0.25) is 0 Å². The van der Waals surface area contributed by atoms with Gasteiger partial charge >= 0.3 is 4.87 Å². The molecular formula is C19H13N5O2S2. The number of nitrogens with zero attached hydrogens (tertiary/aromatic N) is 3. The van der Waals surface area contributed by atoms with Crippen molar-refractivity contribution >= 4 is 54.7 Å². The highest BCUT2D eigenvalue weighted by Gasteiger charge is 2.15. The third-order valence-corrected chi connectivity index (χ3v) is 6.07. The van der Waals surface area contributed by atoms with E-state index in [0.717, 1.165) is 37.0 Å². The summed E-state index contributed by atoms with van der Waals surface area (Å²) in [6.45, 7) is 0. The maximum Gasteiger partial charge on any atom is 0.305 e. The number of anilines is 2. The molecule has 2 aromatic carbocycles. The summed E-state index contributed by atoms with van der Waals surface area (Å²) in [5, 5.41) is 4.17. The molecule has 0 amide bonds. The molecule has 0 spiro atoms. The first-order chi connectivity index (χ1) is 13.7. The SMILES string of the molecule is COc1cc2[nH]c(=O)sc2cc1Nc1ncnc2sc(-c3ccccc3)nc12. The van der Waals surface area contributed by atoms with Crippen LogP contribution in [0.3, 0.4) is 0 Å². The zero-order valence-electron chi connectivity index (χ0n) is 14.6. The van der Waals surface area contributed by atoms with Gasteiger partial charge in [0.15, 0.2) is 5.82 Å². The number of aromatic amines is 1. The molecule has 0 aliphatic rings. The number of methoxy groups -OCH3 is 1. The molecule has 5 rings (SSSR count). The van der Waals surface area contributed by atoms with E-state index in [0.29, 0.717) is 22.8 Å². The van der Waals surface area contributed by atoms with Crippen LogP contribution in [0.2, 0.25) is 0 Å². The Labute approximate surface area is 166 Å². The first-order valence-electron chi connectivity index (χ1n) is 8.36. The average Bonchev–Trinajstić information content (AvgIpc) is 3.31. The Morgan fingerprint density at radius 1 is 1.11 bits per heavy atom. The van der Waals surface area contributed by atoms with Crippen LogP contribution in [0.25, 0.3) is 31.1 Å². The van der Waals surface area contributed by atoms with Crippen LogP contribution in [-0.2, 0) is 0 Å². The molecular weight excluding hydrogens is 394 g/mol. The highest BCUT2D eigenvalue weighted by Crippen LogP contribution is 2.36. The number of ether oxygens (including phenoxy) is 1. The van der Waals surface area contributed by atoms with Crippen molar-refractivity contribution in [2.45, 2.75) is 0 Å². The molecule has 0 aliphatic heterocycles. The van der Waals surface area contributed by atoms with Gasteiger partial charge in [-0.1, -0.05) is 53.0 Å². The first kappa shape index (κ1) is 16.8. The fourth-order valence-electron chi connectivity index (χ4n) is 2.92. The number of nitrogens with one attached hydrogen (secondary N) is 2. The Hall–Kier alpha value is -3.30. The lowest BCUT2D eigenvalue weighted by molar-refractivity contribution is 0.417. The predicted molar refractivity (Wildman–Crippen MR) is 113 cm³/mol. The van der Waals surface area contributed by atoms with Crippen molar-refractivity contribution < 1.29 is 4.74 Å². The van der Waals surface area contributed by atoms with Gasteiger partial charge in [0.1, 0.15) is 27.4 Å². The number of aromatic nitrogens is 4. The second-order valence-electron chi connectivity index (χ2n) is 5.95. The molecule has 0 saturated heterocycles. The maximum absolute atomic E-state index is 11.6. The number of benzene rings is 2. The predicted octanol–water partition coefficient (Wildman–Crippen LogP) is 4.41. The molecule has 0 aliphatic carbocycles. The van der Waals surface area contributed by atoms with Gasteiger partial charge in [0.25, 0.3) is 0 Å². The molecule has 5 aromatic rings. The topological polar surface area (TPSA) is 92.8 Å². The van der Waals surface area contributed by atoms with Crippen LogP contribution in [0.15, 0.2) is 53.6 Å². The van der Waals surface area contributed by atoms with Crippen LogP contribution in [-0.4, -0.2) is 27.0 Å². The highest BCUT2D eigenvalue weighted by molar-refractivity contribution is 7.21. The van der Waals surface area contributed by atoms with Gasteiger partial charge in [-0.25, -0.2) is 15.0 Å². The van der Waals surface area contributed by atoms with Crippen LogP contribution in [0.4, 0.5) is 11.5 Å². The average molecular weight is 407 g/mol. The Morgan fingerprint density at radius 2 is 1.96 bits per heavy atom. The Morgan fingerprint density at radius 3 is 2.79 bits per heavy atom. The minimum Gasteiger partial charge on any atom is -0.494 e. The monoisotopic (exact) mass is 407 g/mol. The van der Waals surface area contributed by atoms with E-state index in [9.17, 15) is 4.79 Å².